The van der Waals surface area contributed by atoms with Gasteiger partial charge in [0.1, 0.15) is 5.82 Å². The molecule has 2 heterocycles. The Labute approximate surface area is 101 Å². The molecule has 0 aliphatic carbocycles. The smallest absolute Gasteiger partial charge is 0.199 e. The van der Waals surface area contributed by atoms with E-state index < -0.39 is 0 Å². The summed E-state index contributed by atoms with van der Waals surface area (Å²) in [6, 6.07) is 1.74. The molecule has 2 aromatic rings. The molecule has 0 fully saturated rings. The van der Waals surface area contributed by atoms with E-state index in [0.29, 0.717) is 17.5 Å². The van der Waals surface area contributed by atoms with Gasteiger partial charge in [-0.15, -0.1) is 0 Å². The molecule has 0 aliphatic heterocycles. The van der Waals surface area contributed by atoms with Gasteiger partial charge in [-0.1, -0.05) is 6.92 Å². The van der Waals surface area contributed by atoms with Crippen molar-refractivity contribution in [2.45, 2.75) is 13.3 Å². The van der Waals surface area contributed by atoms with Crippen molar-refractivity contribution >= 4 is 21.7 Å². The van der Waals surface area contributed by atoms with Gasteiger partial charge in [-0.3, -0.25) is 0 Å². The topological polar surface area (TPSA) is 77.6 Å². The molecule has 2 rings (SSSR count). The van der Waals surface area contributed by atoms with E-state index in [1.807, 2.05) is 6.92 Å². The first kappa shape index (κ1) is 10.9. The molecule has 0 aromatic carbocycles. The quantitative estimate of drug-likeness (QED) is 0.908. The fraction of sp³-hybridized carbons (Fsp3) is 0.200. The van der Waals surface area contributed by atoms with Crippen molar-refractivity contribution < 1.29 is 0 Å². The van der Waals surface area contributed by atoms with Crippen LogP contribution in [0.4, 0.5) is 5.82 Å². The second kappa shape index (κ2) is 4.52. The SMILES string of the molecule is CCc1nc(-c2ncccn2)nc(N)c1Br. The number of hydrogen-bond donors (Lipinski definition) is 1. The molecular formula is C10H10BrN5. The van der Waals surface area contributed by atoms with Gasteiger partial charge in [0.25, 0.3) is 0 Å². The molecular weight excluding hydrogens is 270 g/mol. The van der Waals surface area contributed by atoms with Gasteiger partial charge in [0.15, 0.2) is 11.6 Å². The highest BCUT2D eigenvalue weighted by molar-refractivity contribution is 9.10. The van der Waals surface area contributed by atoms with Gasteiger partial charge >= 0.3 is 0 Å². The molecule has 82 valence electrons. The van der Waals surface area contributed by atoms with Crippen LogP contribution >= 0.6 is 15.9 Å². The largest absolute Gasteiger partial charge is 0.383 e. The van der Waals surface area contributed by atoms with Crippen molar-refractivity contribution in [2.75, 3.05) is 5.73 Å². The lowest BCUT2D eigenvalue weighted by Crippen LogP contribution is -2.03. The van der Waals surface area contributed by atoms with Crippen LogP contribution in [0.3, 0.4) is 0 Å². The number of halogens is 1. The Bertz CT molecular complexity index is 500. The number of aryl methyl sites for hydroxylation is 1. The van der Waals surface area contributed by atoms with E-state index in [4.69, 9.17) is 5.73 Å². The summed E-state index contributed by atoms with van der Waals surface area (Å²) in [5, 5.41) is 0. The van der Waals surface area contributed by atoms with Gasteiger partial charge in [0.05, 0.1) is 10.2 Å². The molecule has 0 radical (unpaired) electrons. The second-order valence-corrected chi connectivity index (χ2v) is 3.91. The minimum absolute atomic E-state index is 0.411. The molecule has 0 amide bonds. The monoisotopic (exact) mass is 279 g/mol. The molecule has 0 saturated carbocycles. The van der Waals surface area contributed by atoms with Crippen LogP contribution < -0.4 is 5.73 Å². The summed E-state index contributed by atoms with van der Waals surface area (Å²) in [5.41, 5.74) is 6.64. The van der Waals surface area contributed by atoms with Crippen LogP contribution in [0.15, 0.2) is 22.9 Å². The Morgan fingerprint density at radius 1 is 1.19 bits per heavy atom. The minimum atomic E-state index is 0.411. The summed E-state index contributed by atoms with van der Waals surface area (Å²) in [4.78, 5) is 16.7. The molecule has 5 nitrogen and oxygen atoms in total. The first-order valence-corrected chi connectivity index (χ1v) is 5.61. The van der Waals surface area contributed by atoms with Crippen molar-refractivity contribution in [3.63, 3.8) is 0 Å². The van der Waals surface area contributed by atoms with E-state index in [-0.39, 0.29) is 0 Å². The zero-order chi connectivity index (χ0) is 11.5. The summed E-state index contributed by atoms with van der Waals surface area (Å²) >= 11 is 3.36. The number of nitrogens with zero attached hydrogens (tertiary/aromatic N) is 4. The van der Waals surface area contributed by atoms with Crippen molar-refractivity contribution in [1.82, 2.24) is 19.9 Å². The molecule has 16 heavy (non-hydrogen) atoms. The maximum absolute atomic E-state index is 5.78. The molecule has 2 aromatic heterocycles. The Balaban J connectivity index is 2.55. The zero-order valence-corrected chi connectivity index (χ0v) is 10.3. The molecule has 0 bridgehead atoms. The van der Waals surface area contributed by atoms with Crippen LogP contribution in [0, 0.1) is 0 Å². The van der Waals surface area contributed by atoms with Crippen LogP contribution in [0.5, 0.6) is 0 Å². The van der Waals surface area contributed by atoms with Gasteiger partial charge in [0, 0.05) is 12.4 Å². The van der Waals surface area contributed by atoms with Gasteiger partial charge in [-0.25, -0.2) is 19.9 Å². The van der Waals surface area contributed by atoms with Crippen LogP contribution in [0.1, 0.15) is 12.6 Å². The average molecular weight is 280 g/mol. The Hall–Kier alpha value is -1.56. The fourth-order valence-corrected chi connectivity index (χ4v) is 1.72. The van der Waals surface area contributed by atoms with Crippen molar-refractivity contribution in [3.8, 4) is 11.6 Å². The lowest BCUT2D eigenvalue weighted by atomic mass is 10.3. The van der Waals surface area contributed by atoms with E-state index >= 15 is 0 Å². The third kappa shape index (κ3) is 2.01. The second-order valence-electron chi connectivity index (χ2n) is 3.12. The van der Waals surface area contributed by atoms with Crippen molar-refractivity contribution in [3.05, 3.63) is 28.6 Å². The predicted molar refractivity (Wildman–Crippen MR) is 64.5 cm³/mol. The summed E-state index contributed by atoms with van der Waals surface area (Å²) in [5.74, 6) is 1.35. The summed E-state index contributed by atoms with van der Waals surface area (Å²) < 4.78 is 0.745. The predicted octanol–water partition coefficient (Wildman–Crippen LogP) is 1.84. The maximum Gasteiger partial charge on any atom is 0.199 e. The molecule has 0 spiro atoms. The zero-order valence-electron chi connectivity index (χ0n) is 8.68. The fourth-order valence-electron chi connectivity index (χ4n) is 1.26. The molecule has 0 atom stereocenters. The van der Waals surface area contributed by atoms with Crippen LogP contribution in [-0.4, -0.2) is 19.9 Å². The third-order valence-corrected chi connectivity index (χ3v) is 2.91. The third-order valence-electron chi connectivity index (χ3n) is 2.05. The van der Waals surface area contributed by atoms with E-state index in [1.54, 1.807) is 18.5 Å². The molecule has 6 heteroatoms. The van der Waals surface area contributed by atoms with E-state index in [2.05, 4.69) is 35.9 Å². The molecule has 2 N–H and O–H groups in total. The number of nitrogens with two attached hydrogens (primary N) is 1. The average Bonchev–Trinajstić information content (AvgIpc) is 2.33. The molecule has 0 aliphatic rings. The maximum atomic E-state index is 5.78. The number of anilines is 1. The van der Waals surface area contributed by atoms with E-state index in [1.165, 1.54) is 0 Å². The van der Waals surface area contributed by atoms with Crippen molar-refractivity contribution in [1.29, 1.82) is 0 Å². The Kier molecular flexibility index (Phi) is 3.09. The lowest BCUT2D eigenvalue weighted by Gasteiger charge is -2.05. The first-order chi connectivity index (χ1) is 7.72. The lowest BCUT2D eigenvalue weighted by molar-refractivity contribution is 0.976. The highest BCUT2D eigenvalue weighted by Crippen LogP contribution is 2.23. The minimum Gasteiger partial charge on any atom is -0.383 e. The van der Waals surface area contributed by atoms with Gasteiger partial charge in [0.2, 0.25) is 0 Å². The first-order valence-electron chi connectivity index (χ1n) is 4.81. The number of hydrogen-bond acceptors (Lipinski definition) is 5. The van der Waals surface area contributed by atoms with E-state index in [9.17, 15) is 0 Å². The highest BCUT2D eigenvalue weighted by atomic mass is 79.9. The van der Waals surface area contributed by atoms with Gasteiger partial charge < -0.3 is 5.73 Å². The van der Waals surface area contributed by atoms with E-state index in [0.717, 1.165) is 16.6 Å². The van der Waals surface area contributed by atoms with Crippen LogP contribution in [0.25, 0.3) is 11.6 Å². The number of aromatic nitrogens is 4. The molecule has 0 unspecified atom stereocenters. The van der Waals surface area contributed by atoms with Gasteiger partial charge in [-0.05, 0) is 28.4 Å². The summed E-state index contributed by atoms with van der Waals surface area (Å²) in [6.07, 6.45) is 4.07. The van der Waals surface area contributed by atoms with Gasteiger partial charge in [-0.2, -0.15) is 0 Å². The molecule has 0 saturated heterocycles. The highest BCUT2D eigenvalue weighted by Gasteiger charge is 2.11. The Morgan fingerprint density at radius 2 is 1.88 bits per heavy atom. The normalized spacial score (nSPS) is 10.4. The Morgan fingerprint density at radius 3 is 2.50 bits per heavy atom. The summed E-state index contributed by atoms with van der Waals surface area (Å²) in [7, 11) is 0. The summed E-state index contributed by atoms with van der Waals surface area (Å²) in [6.45, 7) is 2.00. The number of rotatable bonds is 2. The van der Waals surface area contributed by atoms with Crippen molar-refractivity contribution in [2.24, 2.45) is 0 Å². The number of nitrogen functional groups attached to an aromatic ring is 1. The van der Waals surface area contributed by atoms with Crippen LogP contribution in [-0.2, 0) is 6.42 Å². The standard InChI is InChI=1S/C10H10BrN5/c1-2-6-7(11)8(12)16-10(15-6)9-13-4-3-5-14-9/h3-5H,2H2,1H3,(H2,12,15,16). The van der Waals surface area contributed by atoms with Crippen LogP contribution in [0.2, 0.25) is 0 Å².